The number of ether oxygens (including phenoxy) is 1. The summed E-state index contributed by atoms with van der Waals surface area (Å²) in [6.07, 6.45) is -2.79. The lowest BCUT2D eigenvalue weighted by Gasteiger charge is -2.21. The van der Waals surface area contributed by atoms with E-state index < -0.39 is 30.0 Å². The average molecular weight is 421 g/mol. The van der Waals surface area contributed by atoms with Gasteiger partial charge in [-0.05, 0) is 28.3 Å². The molecule has 1 aliphatic carbocycles. The monoisotopic (exact) mass is 421 g/mol. The number of hydrogen-bond donors (Lipinski definition) is 3. The fourth-order valence-electron chi connectivity index (χ4n) is 3.94. The highest BCUT2D eigenvalue weighted by Crippen LogP contribution is 2.44. The zero-order chi connectivity index (χ0) is 22.0. The van der Waals surface area contributed by atoms with Crippen LogP contribution in [-0.2, 0) is 9.53 Å². The van der Waals surface area contributed by atoms with E-state index in [0.29, 0.717) is 0 Å². The van der Waals surface area contributed by atoms with Crippen LogP contribution in [0.4, 0.5) is 9.18 Å². The molecular weight excluding hydrogens is 401 g/mol. The Kier molecular flexibility index (Phi) is 5.68. The van der Waals surface area contributed by atoms with Gasteiger partial charge < -0.3 is 20.3 Å². The van der Waals surface area contributed by atoms with Gasteiger partial charge >= 0.3 is 12.1 Å². The molecule has 0 saturated carbocycles. The highest BCUT2D eigenvalue weighted by atomic mass is 19.1. The smallest absolute Gasteiger partial charge is 0.407 e. The first kappa shape index (κ1) is 20.6. The van der Waals surface area contributed by atoms with E-state index >= 15 is 0 Å². The zero-order valence-corrected chi connectivity index (χ0v) is 16.4. The molecular formula is C24H20FNO5. The Labute approximate surface area is 177 Å². The number of carbonyl (C=O) groups is 2. The van der Waals surface area contributed by atoms with Gasteiger partial charge in [0.2, 0.25) is 0 Å². The average Bonchev–Trinajstić information content (AvgIpc) is 3.09. The summed E-state index contributed by atoms with van der Waals surface area (Å²) in [5.74, 6) is -2.47. The van der Waals surface area contributed by atoms with Crippen molar-refractivity contribution in [3.63, 3.8) is 0 Å². The maximum atomic E-state index is 13.9. The largest absolute Gasteiger partial charge is 0.480 e. The SMILES string of the molecule is O=C(N[C@@H](C(=O)O)[C@@H](O)c1ccccc1F)OCC1c2ccccc2-c2ccccc21. The lowest BCUT2D eigenvalue weighted by Crippen LogP contribution is -2.45. The van der Waals surface area contributed by atoms with E-state index in [1.165, 1.54) is 18.2 Å². The summed E-state index contributed by atoms with van der Waals surface area (Å²) in [4.78, 5) is 24.0. The molecule has 0 bridgehead atoms. The molecule has 0 heterocycles. The van der Waals surface area contributed by atoms with E-state index in [2.05, 4.69) is 5.32 Å². The van der Waals surface area contributed by atoms with Gasteiger partial charge in [0.25, 0.3) is 0 Å². The molecule has 0 aliphatic heterocycles. The standard InChI is InChI=1S/C24H20FNO5/c25-20-12-6-5-11-18(20)22(27)21(23(28)29)26-24(30)31-13-19-16-9-3-1-7-14(16)15-8-2-4-10-17(15)19/h1-12,19,21-22,27H,13H2,(H,26,30)(H,28,29)/t21-,22+/m1/s1. The maximum absolute atomic E-state index is 13.9. The minimum Gasteiger partial charge on any atom is -0.480 e. The fraction of sp³-hybridized carbons (Fsp3) is 0.167. The molecule has 6 nitrogen and oxygen atoms in total. The summed E-state index contributed by atoms with van der Waals surface area (Å²) < 4.78 is 19.3. The molecule has 3 aromatic rings. The van der Waals surface area contributed by atoms with Crippen molar-refractivity contribution in [2.24, 2.45) is 0 Å². The Morgan fingerprint density at radius 3 is 2.06 bits per heavy atom. The van der Waals surface area contributed by atoms with Crippen molar-refractivity contribution >= 4 is 12.1 Å². The number of benzene rings is 3. The molecule has 0 radical (unpaired) electrons. The summed E-state index contributed by atoms with van der Waals surface area (Å²) >= 11 is 0. The van der Waals surface area contributed by atoms with Gasteiger partial charge in [-0.25, -0.2) is 14.0 Å². The summed E-state index contributed by atoms with van der Waals surface area (Å²) in [6, 6.07) is 19.1. The summed E-state index contributed by atoms with van der Waals surface area (Å²) in [5.41, 5.74) is 3.92. The lowest BCUT2D eigenvalue weighted by molar-refractivity contribution is -0.142. The van der Waals surface area contributed by atoms with Gasteiger partial charge in [-0.3, -0.25) is 0 Å². The van der Waals surface area contributed by atoms with E-state index in [-0.39, 0.29) is 18.1 Å². The third kappa shape index (κ3) is 4.00. The summed E-state index contributed by atoms with van der Waals surface area (Å²) in [6.45, 7) is -0.0119. The molecule has 0 spiro atoms. The molecule has 4 rings (SSSR count). The van der Waals surface area contributed by atoms with Gasteiger partial charge in [0.15, 0.2) is 6.04 Å². The molecule has 3 N–H and O–H groups in total. The third-order valence-electron chi connectivity index (χ3n) is 5.42. The first-order valence-electron chi connectivity index (χ1n) is 9.74. The van der Waals surface area contributed by atoms with Crippen LogP contribution < -0.4 is 5.32 Å². The quantitative estimate of drug-likeness (QED) is 0.562. The van der Waals surface area contributed by atoms with Crippen LogP contribution in [0.15, 0.2) is 72.8 Å². The maximum Gasteiger partial charge on any atom is 0.407 e. The van der Waals surface area contributed by atoms with Crippen molar-refractivity contribution in [1.82, 2.24) is 5.32 Å². The highest BCUT2D eigenvalue weighted by molar-refractivity contribution is 5.81. The minimum atomic E-state index is -1.78. The van der Waals surface area contributed by atoms with Gasteiger partial charge in [-0.15, -0.1) is 0 Å². The zero-order valence-electron chi connectivity index (χ0n) is 16.4. The van der Waals surface area contributed by atoms with Crippen molar-refractivity contribution in [2.75, 3.05) is 6.61 Å². The van der Waals surface area contributed by atoms with Crippen LogP contribution in [0, 0.1) is 5.82 Å². The molecule has 3 aromatic carbocycles. The first-order valence-corrected chi connectivity index (χ1v) is 9.74. The summed E-state index contributed by atoms with van der Waals surface area (Å²) in [7, 11) is 0. The van der Waals surface area contributed by atoms with Gasteiger partial charge in [0.05, 0.1) is 0 Å². The van der Waals surface area contributed by atoms with Gasteiger partial charge in [-0.1, -0.05) is 66.7 Å². The molecule has 0 saturated heterocycles. The van der Waals surface area contributed by atoms with Crippen molar-refractivity contribution in [3.8, 4) is 11.1 Å². The van der Waals surface area contributed by atoms with Crippen molar-refractivity contribution < 1.29 is 28.9 Å². The molecule has 7 heteroatoms. The summed E-state index contributed by atoms with van der Waals surface area (Å²) in [5, 5.41) is 21.9. The van der Waals surface area contributed by atoms with E-state index in [9.17, 15) is 24.2 Å². The van der Waals surface area contributed by atoms with Gasteiger partial charge in [0, 0.05) is 11.5 Å². The second-order valence-corrected chi connectivity index (χ2v) is 7.25. The number of hydrogen-bond acceptors (Lipinski definition) is 4. The Balaban J connectivity index is 1.47. The second kappa shape index (κ2) is 8.57. The predicted octanol–water partition coefficient (Wildman–Crippen LogP) is 3.85. The van der Waals surface area contributed by atoms with Crippen molar-refractivity contribution in [3.05, 3.63) is 95.3 Å². The van der Waals surface area contributed by atoms with E-state index in [1.807, 2.05) is 48.5 Å². The Morgan fingerprint density at radius 2 is 1.48 bits per heavy atom. The number of carbonyl (C=O) groups excluding carboxylic acids is 1. The second-order valence-electron chi connectivity index (χ2n) is 7.25. The fourth-order valence-corrected chi connectivity index (χ4v) is 3.94. The Bertz CT molecular complexity index is 1090. The van der Waals surface area contributed by atoms with Crippen LogP contribution in [-0.4, -0.2) is 34.9 Å². The first-order chi connectivity index (χ1) is 15.0. The number of nitrogens with one attached hydrogen (secondary N) is 1. The number of alkyl carbamates (subject to hydrolysis) is 1. The number of aliphatic carboxylic acids is 1. The van der Waals surface area contributed by atoms with Gasteiger partial charge in [-0.2, -0.15) is 0 Å². The van der Waals surface area contributed by atoms with E-state index in [0.717, 1.165) is 28.3 Å². The van der Waals surface area contributed by atoms with Crippen LogP contribution in [0.1, 0.15) is 28.7 Å². The Hall–Kier alpha value is -3.71. The van der Waals surface area contributed by atoms with E-state index in [1.54, 1.807) is 0 Å². The van der Waals surface area contributed by atoms with Crippen LogP contribution in [0.5, 0.6) is 0 Å². The molecule has 0 fully saturated rings. The van der Waals surface area contributed by atoms with Crippen LogP contribution in [0.3, 0.4) is 0 Å². The highest BCUT2D eigenvalue weighted by Gasteiger charge is 2.33. The number of rotatable bonds is 6. The lowest BCUT2D eigenvalue weighted by atomic mass is 9.98. The third-order valence-corrected chi connectivity index (χ3v) is 5.42. The number of aliphatic hydroxyl groups is 1. The molecule has 31 heavy (non-hydrogen) atoms. The van der Waals surface area contributed by atoms with Gasteiger partial charge in [0.1, 0.15) is 18.5 Å². The molecule has 1 amide bonds. The number of carboxylic acids is 1. The molecule has 0 unspecified atom stereocenters. The molecule has 1 aliphatic rings. The number of carboxylic acid groups (broad SMARTS) is 1. The molecule has 2 atom stereocenters. The molecule has 158 valence electrons. The topological polar surface area (TPSA) is 95.9 Å². The van der Waals surface area contributed by atoms with Crippen LogP contribution in [0.2, 0.25) is 0 Å². The van der Waals surface area contributed by atoms with Crippen LogP contribution >= 0.6 is 0 Å². The minimum absolute atomic E-state index is 0.0119. The number of halogens is 1. The van der Waals surface area contributed by atoms with E-state index in [4.69, 9.17) is 4.74 Å². The number of fused-ring (bicyclic) bond motifs is 3. The Morgan fingerprint density at radius 1 is 0.935 bits per heavy atom. The van der Waals surface area contributed by atoms with Crippen molar-refractivity contribution in [1.29, 1.82) is 0 Å². The number of amides is 1. The number of aliphatic hydroxyl groups excluding tert-OH is 1. The van der Waals surface area contributed by atoms with Crippen molar-refractivity contribution in [2.45, 2.75) is 18.1 Å². The van der Waals surface area contributed by atoms with Crippen LogP contribution in [0.25, 0.3) is 11.1 Å². The predicted molar refractivity (Wildman–Crippen MR) is 111 cm³/mol. The molecule has 0 aromatic heterocycles. The normalized spacial score (nSPS) is 14.3.